The molecule has 0 spiro atoms. The molecule has 0 unspecified atom stereocenters. The third-order valence-electron chi connectivity index (χ3n) is 3.80. The molecule has 1 aromatic heterocycles. The number of amides is 1. The van der Waals surface area contributed by atoms with Crippen LogP contribution in [0.25, 0.3) is 0 Å². The number of carbonyl (C=O) groups is 1. The summed E-state index contributed by atoms with van der Waals surface area (Å²) in [5, 5.41) is 6.15. The molecule has 6 heteroatoms. The van der Waals surface area contributed by atoms with Gasteiger partial charge in [0.2, 0.25) is 11.8 Å². The molecule has 0 atom stereocenters. The molecule has 0 aliphatic rings. The molecule has 6 nitrogen and oxygen atoms in total. The Bertz CT molecular complexity index is 682. The number of anilines is 3. The predicted molar refractivity (Wildman–Crippen MR) is 95.7 cm³/mol. The van der Waals surface area contributed by atoms with Crippen LogP contribution in [0, 0.1) is 12.8 Å². The van der Waals surface area contributed by atoms with Crippen LogP contribution >= 0.6 is 0 Å². The van der Waals surface area contributed by atoms with Crippen LogP contribution in [0.15, 0.2) is 30.3 Å². The smallest absolute Gasteiger partial charge is 0.227 e. The summed E-state index contributed by atoms with van der Waals surface area (Å²) < 4.78 is 5.14. The Morgan fingerprint density at radius 2 is 1.75 bits per heavy atom. The van der Waals surface area contributed by atoms with Crippen molar-refractivity contribution in [2.75, 3.05) is 17.7 Å². The summed E-state index contributed by atoms with van der Waals surface area (Å²) >= 11 is 0. The zero-order chi connectivity index (χ0) is 17.5. The first kappa shape index (κ1) is 17.7. The minimum absolute atomic E-state index is 0.0549. The van der Waals surface area contributed by atoms with Crippen molar-refractivity contribution in [1.29, 1.82) is 0 Å². The van der Waals surface area contributed by atoms with E-state index in [1.165, 1.54) is 0 Å². The van der Waals surface area contributed by atoms with E-state index in [-0.39, 0.29) is 11.8 Å². The zero-order valence-electron chi connectivity index (χ0n) is 14.6. The maximum atomic E-state index is 12.1. The van der Waals surface area contributed by atoms with E-state index in [0.29, 0.717) is 17.5 Å². The van der Waals surface area contributed by atoms with Crippen molar-refractivity contribution in [3.05, 3.63) is 36.2 Å². The van der Waals surface area contributed by atoms with E-state index >= 15 is 0 Å². The van der Waals surface area contributed by atoms with E-state index in [1.54, 1.807) is 13.2 Å². The van der Waals surface area contributed by atoms with Crippen LogP contribution in [-0.4, -0.2) is 23.0 Å². The molecular formula is C18H24N4O2. The third-order valence-corrected chi connectivity index (χ3v) is 3.80. The number of nitrogens with one attached hydrogen (secondary N) is 2. The van der Waals surface area contributed by atoms with Crippen LogP contribution in [0.4, 0.5) is 17.2 Å². The summed E-state index contributed by atoms with van der Waals surface area (Å²) in [5.74, 6) is 1.93. The lowest BCUT2D eigenvalue weighted by atomic mass is 10.0. The number of rotatable bonds is 7. The number of methoxy groups -OCH3 is 1. The van der Waals surface area contributed by atoms with Crippen LogP contribution < -0.4 is 15.4 Å². The number of aromatic nitrogens is 2. The summed E-state index contributed by atoms with van der Waals surface area (Å²) in [6.45, 7) is 5.86. The number of benzene rings is 1. The first-order valence-corrected chi connectivity index (χ1v) is 8.13. The predicted octanol–water partition coefficient (Wildman–Crippen LogP) is 3.91. The van der Waals surface area contributed by atoms with Crippen molar-refractivity contribution in [2.45, 2.75) is 33.6 Å². The van der Waals surface area contributed by atoms with Crippen LogP contribution in [0.3, 0.4) is 0 Å². The van der Waals surface area contributed by atoms with Gasteiger partial charge in [0, 0.05) is 23.4 Å². The van der Waals surface area contributed by atoms with Gasteiger partial charge in [-0.05, 0) is 44.0 Å². The highest BCUT2D eigenvalue weighted by Crippen LogP contribution is 2.21. The third kappa shape index (κ3) is 4.68. The summed E-state index contributed by atoms with van der Waals surface area (Å²) in [5.41, 5.74) is 1.66. The summed E-state index contributed by atoms with van der Waals surface area (Å²) in [7, 11) is 1.57. The molecule has 1 heterocycles. The molecule has 0 radical (unpaired) electrons. The SMILES string of the molecule is CCC(CC)C(=O)Nc1ccc(Nc2cc(OC)nc(C)n2)cc1. The molecule has 0 aliphatic heterocycles. The zero-order valence-corrected chi connectivity index (χ0v) is 14.6. The Labute approximate surface area is 142 Å². The fourth-order valence-corrected chi connectivity index (χ4v) is 2.40. The van der Waals surface area contributed by atoms with Gasteiger partial charge in [-0.25, -0.2) is 4.98 Å². The molecule has 0 bridgehead atoms. The molecule has 1 aromatic carbocycles. The maximum Gasteiger partial charge on any atom is 0.227 e. The Morgan fingerprint density at radius 1 is 1.12 bits per heavy atom. The molecule has 0 aliphatic carbocycles. The van der Waals surface area contributed by atoms with Gasteiger partial charge in [-0.1, -0.05) is 13.8 Å². The minimum Gasteiger partial charge on any atom is -0.481 e. The molecular weight excluding hydrogens is 304 g/mol. The maximum absolute atomic E-state index is 12.1. The number of aryl methyl sites for hydroxylation is 1. The normalized spacial score (nSPS) is 10.5. The number of ether oxygens (including phenoxy) is 1. The van der Waals surface area contributed by atoms with Crippen LogP contribution in [-0.2, 0) is 4.79 Å². The first-order chi connectivity index (χ1) is 11.5. The van der Waals surface area contributed by atoms with E-state index in [0.717, 1.165) is 24.2 Å². The highest BCUT2D eigenvalue weighted by atomic mass is 16.5. The van der Waals surface area contributed by atoms with Gasteiger partial charge in [0.1, 0.15) is 11.6 Å². The van der Waals surface area contributed by atoms with Gasteiger partial charge >= 0.3 is 0 Å². The molecule has 2 N–H and O–H groups in total. The Hall–Kier alpha value is -2.63. The summed E-state index contributed by atoms with van der Waals surface area (Å²) in [6, 6.07) is 9.26. The number of carbonyl (C=O) groups excluding carboxylic acids is 1. The summed E-state index contributed by atoms with van der Waals surface area (Å²) in [4.78, 5) is 20.6. The standard InChI is InChI=1S/C18H24N4O2/c1-5-13(6-2)18(23)22-15-9-7-14(8-10-15)21-16-11-17(24-4)20-12(3)19-16/h7-11,13H,5-6H2,1-4H3,(H,22,23)(H,19,20,21). The quantitative estimate of drug-likeness (QED) is 0.806. The van der Waals surface area contributed by atoms with E-state index in [1.807, 2.05) is 45.0 Å². The first-order valence-electron chi connectivity index (χ1n) is 8.13. The van der Waals surface area contributed by atoms with E-state index in [4.69, 9.17) is 4.74 Å². The van der Waals surface area contributed by atoms with Crippen LogP contribution in [0.2, 0.25) is 0 Å². The van der Waals surface area contributed by atoms with Crippen molar-refractivity contribution in [3.8, 4) is 5.88 Å². The minimum atomic E-state index is 0.0549. The van der Waals surface area contributed by atoms with Crippen molar-refractivity contribution >= 4 is 23.1 Å². The summed E-state index contributed by atoms with van der Waals surface area (Å²) in [6.07, 6.45) is 1.69. The second kappa shape index (κ2) is 8.29. The lowest BCUT2D eigenvalue weighted by Crippen LogP contribution is -2.21. The van der Waals surface area contributed by atoms with Crippen molar-refractivity contribution in [3.63, 3.8) is 0 Å². The molecule has 2 aromatic rings. The highest BCUT2D eigenvalue weighted by Gasteiger charge is 2.13. The molecule has 1 amide bonds. The number of nitrogens with zero attached hydrogens (tertiary/aromatic N) is 2. The Balaban J connectivity index is 2.04. The van der Waals surface area contributed by atoms with E-state index in [9.17, 15) is 4.79 Å². The average molecular weight is 328 g/mol. The molecule has 24 heavy (non-hydrogen) atoms. The number of hydrogen-bond donors (Lipinski definition) is 2. The van der Waals surface area contributed by atoms with Crippen molar-refractivity contribution < 1.29 is 9.53 Å². The van der Waals surface area contributed by atoms with Crippen LogP contribution in [0.1, 0.15) is 32.5 Å². The molecule has 128 valence electrons. The van der Waals surface area contributed by atoms with Crippen LogP contribution in [0.5, 0.6) is 5.88 Å². The monoisotopic (exact) mass is 328 g/mol. The van der Waals surface area contributed by atoms with Gasteiger partial charge in [0.25, 0.3) is 0 Å². The lowest BCUT2D eigenvalue weighted by Gasteiger charge is -2.13. The fraction of sp³-hybridized carbons (Fsp3) is 0.389. The highest BCUT2D eigenvalue weighted by molar-refractivity contribution is 5.92. The Morgan fingerprint density at radius 3 is 2.33 bits per heavy atom. The van der Waals surface area contributed by atoms with Gasteiger partial charge in [-0.2, -0.15) is 4.98 Å². The van der Waals surface area contributed by atoms with Crippen molar-refractivity contribution in [2.24, 2.45) is 5.92 Å². The van der Waals surface area contributed by atoms with Gasteiger partial charge < -0.3 is 15.4 Å². The Kier molecular flexibility index (Phi) is 6.12. The van der Waals surface area contributed by atoms with E-state index in [2.05, 4.69) is 20.6 Å². The topological polar surface area (TPSA) is 76.1 Å². The molecule has 2 rings (SSSR count). The molecule has 0 saturated heterocycles. The second-order valence-electron chi connectivity index (χ2n) is 5.55. The molecule has 0 fully saturated rings. The largest absolute Gasteiger partial charge is 0.481 e. The van der Waals surface area contributed by atoms with Gasteiger partial charge in [0.15, 0.2) is 0 Å². The van der Waals surface area contributed by atoms with Gasteiger partial charge in [-0.3, -0.25) is 4.79 Å². The second-order valence-corrected chi connectivity index (χ2v) is 5.55. The number of hydrogen-bond acceptors (Lipinski definition) is 5. The van der Waals surface area contributed by atoms with E-state index < -0.39 is 0 Å². The lowest BCUT2D eigenvalue weighted by molar-refractivity contribution is -0.120. The van der Waals surface area contributed by atoms with Gasteiger partial charge in [0.05, 0.1) is 7.11 Å². The molecule has 0 saturated carbocycles. The average Bonchev–Trinajstić information content (AvgIpc) is 2.57. The fourth-order valence-electron chi connectivity index (χ4n) is 2.40. The van der Waals surface area contributed by atoms with Crippen molar-refractivity contribution in [1.82, 2.24) is 9.97 Å². The van der Waals surface area contributed by atoms with Gasteiger partial charge in [-0.15, -0.1) is 0 Å².